The molecule has 3 rings (SSSR count). The van der Waals surface area contributed by atoms with E-state index in [4.69, 9.17) is 23.2 Å². The van der Waals surface area contributed by atoms with Crippen molar-refractivity contribution in [2.75, 3.05) is 23.1 Å². The number of carbonyl (C=O) groups is 1. The maximum absolute atomic E-state index is 13.3. The monoisotopic (exact) mass is 522 g/mol. The van der Waals surface area contributed by atoms with Crippen LogP contribution in [0.3, 0.4) is 0 Å². The highest BCUT2D eigenvalue weighted by Crippen LogP contribution is 2.30. The molecule has 0 fully saturated rings. The molecule has 1 N–H and O–H groups in total. The van der Waals surface area contributed by atoms with Gasteiger partial charge in [-0.2, -0.15) is 11.8 Å². The average molecular weight is 524 g/mol. The number of carbonyl (C=O) groups excluding carboxylic acids is 1. The van der Waals surface area contributed by atoms with E-state index in [9.17, 15) is 13.2 Å². The van der Waals surface area contributed by atoms with E-state index in [0.29, 0.717) is 17.3 Å². The van der Waals surface area contributed by atoms with Crippen molar-refractivity contribution in [3.8, 4) is 0 Å². The summed E-state index contributed by atoms with van der Waals surface area (Å²) in [6.07, 6.45) is 0. The SMILES string of the molecule is Cc1ccc(CSCCNC(=O)CN(c2ccc(Cl)c(Cl)c2)S(=O)(=O)c2ccccc2)cc1. The van der Waals surface area contributed by atoms with Gasteiger partial charge in [0.2, 0.25) is 5.91 Å². The number of nitrogens with one attached hydrogen (secondary N) is 1. The van der Waals surface area contributed by atoms with Gasteiger partial charge in [-0.15, -0.1) is 0 Å². The summed E-state index contributed by atoms with van der Waals surface area (Å²) in [5, 5.41) is 3.31. The number of anilines is 1. The number of aryl methyl sites for hydroxylation is 1. The first kappa shape index (κ1) is 25.4. The molecule has 0 aliphatic carbocycles. The van der Waals surface area contributed by atoms with Crippen LogP contribution in [0.5, 0.6) is 0 Å². The van der Waals surface area contributed by atoms with E-state index in [1.165, 1.54) is 41.5 Å². The maximum atomic E-state index is 13.3. The van der Waals surface area contributed by atoms with Gasteiger partial charge in [0.15, 0.2) is 0 Å². The standard InChI is InChI=1S/C24H24Cl2N2O3S2/c1-18-7-9-19(10-8-18)17-32-14-13-27-24(29)16-28(20-11-12-22(25)23(26)15-20)33(30,31)21-5-3-2-4-6-21/h2-12,15H,13-14,16-17H2,1H3,(H,27,29). The number of nitrogens with zero attached hydrogens (tertiary/aromatic N) is 1. The first-order valence-electron chi connectivity index (χ1n) is 10.2. The summed E-state index contributed by atoms with van der Waals surface area (Å²) in [7, 11) is -3.99. The molecule has 174 valence electrons. The molecule has 5 nitrogen and oxygen atoms in total. The molecule has 0 aliphatic heterocycles. The van der Waals surface area contributed by atoms with E-state index in [2.05, 4.69) is 29.6 Å². The smallest absolute Gasteiger partial charge is 0.264 e. The fourth-order valence-corrected chi connectivity index (χ4v) is 5.54. The van der Waals surface area contributed by atoms with Crippen molar-refractivity contribution in [3.63, 3.8) is 0 Å². The van der Waals surface area contributed by atoms with E-state index >= 15 is 0 Å². The van der Waals surface area contributed by atoms with Crippen LogP contribution in [0.4, 0.5) is 5.69 Å². The molecule has 0 atom stereocenters. The lowest BCUT2D eigenvalue weighted by Crippen LogP contribution is -2.41. The Kier molecular flexibility index (Phi) is 9.09. The van der Waals surface area contributed by atoms with Gasteiger partial charge in [-0.1, -0.05) is 71.2 Å². The minimum Gasteiger partial charge on any atom is -0.354 e. The number of hydrogen-bond acceptors (Lipinski definition) is 4. The zero-order valence-electron chi connectivity index (χ0n) is 18.0. The highest BCUT2D eigenvalue weighted by atomic mass is 35.5. The Balaban J connectivity index is 1.65. The van der Waals surface area contributed by atoms with Crippen molar-refractivity contribution in [2.45, 2.75) is 17.6 Å². The Bertz CT molecular complexity index is 1190. The van der Waals surface area contributed by atoms with Gasteiger partial charge >= 0.3 is 0 Å². The Hall–Kier alpha value is -2.19. The molecule has 0 unspecified atom stereocenters. The fraction of sp³-hybridized carbons (Fsp3) is 0.208. The summed E-state index contributed by atoms with van der Waals surface area (Å²) in [6.45, 7) is 2.10. The second kappa shape index (κ2) is 11.8. The first-order valence-corrected chi connectivity index (χ1v) is 13.6. The quantitative estimate of drug-likeness (QED) is 0.354. The molecule has 3 aromatic carbocycles. The summed E-state index contributed by atoms with van der Waals surface area (Å²) in [6, 6.07) is 20.7. The second-order valence-corrected chi connectivity index (χ2v) is 11.1. The summed E-state index contributed by atoms with van der Waals surface area (Å²) in [5.41, 5.74) is 2.70. The van der Waals surface area contributed by atoms with E-state index in [-0.39, 0.29) is 22.2 Å². The lowest BCUT2D eigenvalue weighted by atomic mass is 10.2. The predicted octanol–water partition coefficient (Wildman–Crippen LogP) is 5.55. The summed E-state index contributed by atoms with van der Waals surface area (Å²) >= 11 is 13.8. The number of halogens is 2. The zero-order chi connectivity index (χ0) is 23.8. The van der Waals surface area contributed by atoms with Crippen LogP contribution >= 0.6 is 35.0 Å². The molecule has 9 heteroatoms. The van der Waals surface area contributed by atoms with Crippen molar-refractivity contribution < 1.29 is 13.2 Å². The Morgan fingerprint density at radius 3 is 2.33 bits per heavy atom. The second-order valence-electron chi connectivity index (χ2n) is 7.31. The van der Waals surface area contributed by atoms with Gasteiger partial charge < -0.3 is 5.32 Å². The van der Waals surface area contributed by atoms with Gasteiger partial charge in [-0.25, -0.2) is 8.42 Å². The molecule has 0 bridgehead atoms. The number of thioether (sulfide) groups is 1. The molecule has 3 aromatic rings. The molecule has 0 radical (unpaired) electrons. The van der Waals surface area contributed by atoms with Crippen LogP contribution in [0.25, 0.3) is 0 Å². The lowest BCUT2D eigenvalue weighted by molar-refractivity contribution is -0.119. The molecular formula is C24H24Cl2N2O3S2. The topological polar surface area (TPSA) is 66.5 Å². The van der Waals surface area contributed by atoms with Gasteiger partial charge in [0.1, 0.15) is 6.54 Å². The van der Waals surface area contributed by atoms with Crippen LogP contribution in [0.1, 0.15) is 11.1 Å². The molecule has 0 aromatic heterocycles. The highest BCUT2D eigenvalue weighted by Gasteiger charge is 2.27. The zero-order valence-corrected chi connectivity index (χ0v) is 21.1. The van der Waals surface area contributed by atoms with Crippen molar-refractivity contribution in [2.24, 2.45) is 0 Å². The minimum absolute atomic E-state index is 0.0810. The molecule has 33 heavy (non-hydrogen) atoms. The largest absolute Gasteiger partial charge is 0.354 e. The van der Waals surface area contributed by atoms with Crippen molar-refractivity contribution in [3.05, 3.63) is 94.0 Å². The number of amides is 1. The number of rotatable bonds is 10. The average Bonchev–Trinajstić information content (AvgIpc) is 2.81. The molecule has 0 heterocycles. The molecule has 0 aliphatic rings. The van der Waals surface area contributed by atoms with Gasteiger partial charge in [-0.3, -0.25) is 9.10 Å². The van der Waals surface area contributed by atoms with Crippen LogP contribution in [-0.2, 0) is 20.6 Å². The normalized spacial score (nSPS) is 11.2. The summed E-state index contributed by atoms with van der Waals surface area (Å²) < 4.78 is 27.6. The Morgan fingerprint density at radius 1 is 0.970 bits per heavy atom. The number of benzene rings is 3. The van der Waals surface area contributed by atoms with Gasteiger partial charge in [-0.05, 0) is 42.8 Å². The first-order chi connectivity index (χ1) is 15.8. The Morgan fingerprint density at radius 2 is 1.67 bits per heavy atom. The van der Waals surface area contributed by atoms with Crippen molar-refractivity contribution in [1.82, 2.24) is 5.32 Å². The van der Waals surface area contributed by atoms with E-state index in [0.717, 1.165) is 10.1 Å². The molecule has 0 spiro atoms. The molecule has 0 saturated carbocycles. The molecule has 0 saturated heterocycles. The van der Waals surface area contributed by atoms with E-state index in [1.807, 2.05) is 6.92 Å². The highest BCUT2D eigenvalue weighted by molar-refractivity contribution is 7.98. The van der Waals surface area contributed by atoms with Gasteiger partial charge in [0, 0.05) is 18.1 Å². The third-order valence-corrected chi connectivity index (χ3v) is 8.32. The Labute approximate surface area is 209 Å². The van der Waals surface area contributed by atoms with Crippen LogP contribution in [-0.4, -0.2) is 33.2 Å². The third-order valence-electron chi connectivity index (χ3n) is 4.77. The van der Waals surface area contributed by atoms with Crippen molar-refractivity contribution >= 4 is 56.6 Å². The van der Waals surface area contributed by atoms with Gasteiger partial charge in [0.05, 0.1) is 20.6 Å². The minimum atomic E-state index is -3.99. The molecular weight excluding hydrogens is 499 g/mol. The van der Waals surface area contributed by atoms with Crippen LogP contribution < -0.4 is 9.62 Å². The maximum Gasteiger partial charge on any atom is 0.264 e. The third kappa shape index (κ3) is 7.14. The molecule has 1 amide bonds. The van der Waals surface area contributed by atoms with Crippen molar-refractivity contribution in [1.29, 1.82) is 0 Å². The summed E-state index contributed by atoms with van der Waals surface area (Å²) in [4.78, 5) is 12.7. The fourth-order valence-electron chi connectivity index (χ4n) is 3.00. The van der Waals surface area contributed by atoms with E-state index in [1.54, 1.807) is 30.0 Å². The van der Waals surface area contributed by atoms with Crippen LogP contribution in [0.2, 0.25) is 10.0 Å². The number of sulfonamides is 1. The number of hydrogen-bond donors (Lipinski definition) is 1. The van der Waals surface area contributed by atoms with Crippen LogP contribution in [0, 0.1) is 6.92 Å². The van der Waals surface area contributed by atoms with Crippen LogP contribution in [0.15, 0.2) is 77.7 Å². The lowest BCUT2D eigenvalue weighted by Gasteiger charge is -2.24. The van der Waals surface area contributed by atoms with Gasteiger partial charge in [0.25, 0.3) is 10.0 Å². The van der Waals surface area contributed by atoms with E-state index < -0.39 is 15.9 Å². The summed E-state index contributed by atoms with van der Waals surface area (Å²) in [5.74, 6) is 1.14. The predicted molar refractivity (Wildman–Crippen MR) is 138 cm³/mol.